The molecule has 120 valence electrons. The van der Waals surface area contributed by atoms with Gasteiger partial charge < -0.3 is 4.74 Å². The standard InChI is InChI=1S/C15H11F2NO4S/c1-2-22-15(19)9-3-5-12(18(20)21)14(7-9)23-13-6-4-10(16)8-11(13)17/h3-8H,2H2,1H3. The molecular formula is C15H11F2NO4S. The molecule has 0 amide bonds. The number of nitro benzene ring substituents is 1. The largest absolute Gasteiger partial charge is 0.462 e. The first-order chi connectivity index (χ1) is 10.9. The average Bonchev–Trinajstić information content (AvgIpc) is 2.50. The number of hydrogen-bond donors (Lipinski definition) is 0. The van der Waals surface area contributed by atoms with Crippen molar-refractivity contribution in [2.24, 2.45) is 0 Å². The molecule has 0 saturated heterocycles. The molecule has 5 nitrogen and oxygen atoms in total. The molecule has 0 atom stereocenters. The van der Waals surface area contributed by atoms with Gasteiger partial charge in [-0.3, -0.25) is 10.1 Å². The molecule has 0 aliphatic heterocycles. The molecule has 0 aliphatic carbocycles. The van der Waals surface area contributed by atoms with Crippen LogP contribution in [0.1, 0.15) is 17.3 Å². The number of hydrogen-bond acceptors (Lipinski definition) is 5. The Labute approximate surface area is 134 Å². The molecule has 0 unspecified atom stereocenters. The summed E-state index contributed by atoms with van der Waals surface area (Å²) in [5, 5.41) is 11.1. The zero-order chi connectivity index (χ0) is 17.0. The summed E-state index contributed by atoms with van der Waals surface area (Å²) < 4.78 is 31.5. The molecule has 8 heteroatoms. The molecule has 0 aliphatic rings. The van der Waals surface area contributed by atoms with Gasteiger partial charge in [-0.1, -0.05) is 11.8 Å². The van der Waals surface area contributed by atoms with Gasteiger partial charge in [0.1, 0.15) is 11.6 Å². The lowest BCUT2D eigenvalue weighted by Crippen LogP contribution is -2.05. The number of rotatable bonds is 5. The molecule has 0 radical (unpaired) electrons. The number of carbonyl (C=O) groups is 1. The number of nitro groups is 1. The third-order valence-corrected chi connectivity index (χ3v) is 3.88. The Bertz CT molecular complexity index is 767. The first-order valence-electron chi connectivity index (χ1n) is 6.51. The van der Waals surface area contributed by atoms with E-state index in [0.29, 0.717) is 6.07 Å². The number of halogens is 2. The van der Waals surface area contributed by atoms with E-state index in [9.17, 15) is 23.7 Å². The van der Waals surface area contributed by atoms with Crippen LogP contribution in [0.3, 0.4) is 0 Å². The fraction of sp³-hybridized carbons (Fsp3) is 0.133. The molecule has 2 aromatic rings. The minimum absolute atomic E-state index is 0.00973. The van der Waals surface area contributed by atoms with Crippen LogP contribution in [0.5, 0.6) is 0 Å². The minimum Gasteiger partial charge on any atom is -0.462 e. The Morgan fingerprint density at radius 3 is 2.57 bits per heavy atom. The van der Waals surface area contributed by atoms with E-state index < -0.39 is 22.5 Å². The lowest BCUT2D eigenvalue weighted by atomic mass is 10.2. The van der Waals surface area contributed by atoms with Crippen molar-refractivity contribution in [3.05, 3.63) is 63.7 Å². The van der Waals surface area contributed by atoms with Crippen LogP contribution in [0.2, 0.25) is 0 Å². The smallest absolute Gasteiger partial charge is 0.338 e. The fourth-order valence-corrected chi connectivity index (χ4v) is 2.73. The second kappa shape index (κ2) is 7.19. The van der Waals surface area contributed by atoms with E-state index in [2.05, 4.69) is 0 Å². The maximum absolute atomic E-state index is 13.7. The van der Waals surface area contributed by atoms with Crippen LogP contribution in [0, 0.1) is 21.7 Å². The predicted molar refractivity (Wildman–Crippen MR) is 79.5 cm³/mol. The van der Waals surface area contributed by atoms with Gasteiger partial charge in [-0.15, -0.1) is 0 Å². The highest BCUT2D eigenvalue weighted by Crippen LogP contribution is 2.37. The maximum atomic E-state index is 13.7. The Morgan fingerprint density at radius 1 is 1.22 bits per heavy atom. The zero-order valence-electron chi connectivity index (χ0n) is 11.9. The first kappa shape index (κ1) is 16.9. The summed E-state index contributed by atoms with van der Waals surface area (Å²) >= 11 is 0.736. The average molecular weight is 339 g/mol. The monoisotopic (exact) mass is 339 g/mol. The quantitative estimate of drug-likeness (QED) is 0.464. The van der Waals surface area contributed by atoms with Gasteiger partial charge in [0.2, 0.25) is 0 Å². The highest BCUT2D eigenvalue weighted by molar-refractivity contribution is 7.99. The summed E-state index contributed by atoms with van der Waals surface area (Å²) in [6, 6.07) is 6.58. The van der Waals surface area contributed by atoms with E-state index in [0.717, 1.165) is 23.9 Å². The molecule has 0 bridgehead atoms. The fourth-order valence-electron chi connectivity index (χ4n) is 1.76. The molecule has 23 heavy (non-hydrogen) atoms. The van der Waals surface area contributed by atoms with E-state index in [1.54, 1.807) is 6.92 Å². The molecule has 0 saturated carbocycles. The molecule has 0 spiro atoms. The molecule has 0 N–H and O–H groups in total. The van der Waals surface area contributed by atoms with E-state index in [-0.39, 0.29) is 27.6 Å². The second-order valence-electron chi connectivity index (χ2n) is 4.34. The van der Waals surface area contributed by atoms with E-state index in [1.165, 1.54) is 18.2 Å². The lowest BCUT2D eigenvalue weighted by molar-refractivity contribution is -0.387. The van der Waals surface area contributed by atoms with Crippen molar-refractivity contribution in [2.45, 2.75) is 16.7 Å². The molecule has 2 aromatic carbocycles. The topological polar surface area (TPSA) is 69.4 Å². The van der Waals surface area contributed by atoms with Crippen molar-refractivity contribution in [1.82, 2.24) is 0 Å². The van der Waals surface area contributed by atoms with Crippen molar-refractivity contribution in [2.75, 3.05) is 6.61 Å². The van der Waals surface area contributed by atoms with Gasteiger partial charge in [-0.05, 0) is 31.2 Å². The molecule has 0 fully saturated rings. The van der Waals surface area contributed by atoms with Crippen molar-refractivity contribution in [1.29, 1.82) is 0 Å². The van der Waals surface area contributed by atoms with Crippen LogP contribution in [-0.2, 0) is 4.74 Å². The minimum atomic E-state index is -0.842. The summed E-state index contributed by atoms with van der Waals surface area (Å²) in [6.45, 7) is 1.79. The predicted octanol–water partition coefficient (Wildman–Crippen LogP) is 4.20. The molecule has 0 heterocycles. The number of esters is 1. The van der Waals surface area contributed by atoms with Crippen molar-refractivity contribution in [3.63, 3.8) is 0 Å². The number of benzene rings is 2. The van der Waals surface area contributed by atoms with Crippen LogP contribution in [0.25, 0.3) is 0 Å². The number of nitrogens with zero attached hydrogens (tertiary/aromatic N) is 1. The Morgan fingerprint density at radius 2 is 1.96 bits per heavy atom. The van der Waals surface area contributed by atoms with Gasteiger partial charge in [-0.25, -0.2) is 13.6 Å². The Kier molecular flexibility index (Phi) is 5.28. The van der Waals surface area contributed by atoms with Gasteiger partial charge in [-0.2, -0.15) is 0 Å². The van der Waals surface area contributed by atoms with Crippen LogP contribution in [-0.4, -0.2) is 17.5 Å². The van der Waals surface area contributed by atoms with Crippen molar-refractivity contribution >= 4 is 23.4 Å². The highest BCUT2D eigenvalue weighted by atomic mass is 32.2. The summed E-state index contributed by atoms with van der Waals surface area (Å²) in [6.07, 6.45) is 0. The van der Waals surface area contributed by atoms with Gasteiger partial charge in [0.15, 0.2) is 0 Å². The summed E-state index contributed by atoms with van der Waals surface area (Å²) in [7, 11) is 0. The highest BCUT2D eigenvalue weighted by Gasteiger charge is 2.19. The van der Waals surface area contributed by atoms with E-state index >= 15 is 0 Å². The summed E-state index contributed by atoms with van der Waals surface area (Å²) in [4.78, 5) is 22.2. The lowest BCUT2D eigenvalue weighted by Gasteiger charge is -2.07. The molecule has 0 aromatic heterocycles. The van der Waals surface area contributed by atoms with Crippen LogP contribution in [0.4, 0.5) is 14.5 Å². The third kappa shape index (κ3) is 4.04. The second-order valence-corrected chi connectivity index (χ2v) is 5.42. The number of ether oxygens (including phenoxy) is 1. The van der Waals surface area contributed by atoms with Gasteiger partial charge in [0.05, 0.1) is 22.0 Å². The Hall–Kier alpha value is -2.48. The van der Waals surface area contributed by atoms with Crippen LogP contribution >= 0.6 is 11.8 Å². The normalized spacial score (nSPS) is 10.4. The van der Waals surface area contributed by atoms with Crippen LogP contribution in [0.15, 0.2) is 46.2 Å². The molecule has 2 rings (SSSR count). The van der Waals surface area contributed by atoms with E-state index in [4.69, 9.17) is 4.74 Å². The SMILES string of the molecule is CCOC(=O)c1ccc([N+](=O)[O-])c(Sc2ccc(F)cc2F)c1. The van der Waals surface area contributed by atoms with Crippen molar-refractivity contribution in [3.8, 4) is 0 Å². The Balaban J connectivity index is 2.43. The van der Waals surface area contributed by atoms with E-state index in [1.807, 2.05) is 0 Å². The van der Waals surface area contributed by atoms with Gasteiger partial charge in [0, 0.05) is 17.0 Å². The maximum Gasteiger partial charge on any atom is 0.338 e. The first-order valence-corrected chi connectivity index (χ1v) is 7.32. The summed E-state index contributed by atoms with van der Waals surface area (Å²) in [5.74, 6) is -2.23. The zero-order valence-corrected chi connectivity index (χ0v) is 12.7. The number of carbonyl (C=O) groups excluding carboxylic acids is 1. The van der Waals surface area contributed by atoms with Crippen molar-refractivity contribution < 1.29 is 23.2 Å². The van der Waals surface area contributed by atoms with Gasteiger partial charge >= 0.3 is 5.97 Å². The summed E-state index contributed by atoms with van der Waals surface area (Å²) in [5.41, 5.74) is -0.172. The van der Waals surface area contributed by atoms with Crippen LogP contribution < -0.4 is 0 Å². The molecular weight excluding hydrogens is 328 g/mol. The third-order valence-electron chi connectivity index (χ3n) is 2.78. The van der Waals surface area contributed by atoms with Gasteiger partial charge in [0.25, 0.3) is 5.69 Å².